The number of fused-ring (bicyclic) bond motifs is 1. The van der Waals surface area contributed by atoms with Gasteiger partial charge in [0.2, 0.25) is 5.91 Å². The van der Waals surface area contributed by atoms with Gasteiger partial charge in [-0.1, -0.05) is 18.2 Å². The molecule has 0 radical (unpaired) electrons. The van der Waals surface area contributed by atoms with E-state index in [4.69, 9.17) is 4.74 Å². The van der Waals surface area contributed by atoms with Gasteiger partial charge in [0.15, 0.2) is 0 Å². The molecule has 2 saturated heterocycles. The number of likely N-dealkylation sites (tertiary alicyclic amines) is 1. The van der Waals surface area contributed by atoms with E-state index in [2.05, 4.69) is 7.05 Å². The summed E-state index contributed by atoms with van der Waals surface area (Å²) in [7, 11) is 3.88. The highest BCUT2D eigenvalue weighted by Crippen LogP contribution is 2.23. The Balaban J connectivity index is 1.55. The third kappa shape index (κ3) is 4.50. The molecule has 2 aromatic rings. The summed E-state index contributed by atoms with van der Waals surface area (Å²) < 4.78 is 7.11. The number of para-hydroxylation sites is 1. The van der Waals surface area contributed by atoms with Crippen LogP contribution in [0.1, 0.15) is 23.2 Å². The van der Waals surface area contributed by atoms with Crippen molar-refractivity contribution in [2.75, 3.05) is 53.5 Å². The summed E-state index contributed by atoms with van der Waals surface area (Å²) in [5, 5.41) is 0.705. The van der Waals surface area contributed by atoms with Crippen LogP contribution in [0, 0.1) is 0 Å². The van der Waals surface area contributed by atoms with Crippen molar-refractivity contribution in [3.05, 3.63) is 36.0 Å². The lowest BCUT2D eigenvalue weighted by molar-refractivity contribution is -0.885. The maximum atomic E-state index is 13.2. The number of carbonyl (C=O) groups excluding carboxylic acids is 3. The molecular weight excluding hydrogens is 396 g/mol. The Bertz CT molecular complexity index is 971. The van der Waals surface area contributed by atoms with Crippen molar-refractivity contribution in [2.45, 2.75) is 25.4 Å². The van der Waals surface area contributed by atoms with Gasteiger partial charge in [-0.25, -0.2) is 0 Å². The highest BCUT2D eigenvalue weighted by molar-refractivity contribution is 6.44. The minimum Gasteiger partial charge on any atom is -0.378 e. The van der Waals surface area contributed by atoms with Crippen LogP contribution in [0.15, 0.2) is 30.5 Å². The first-order valence-corrected chi connectivity index (χ1v) is 11.0. The molecule has 1 aromatic carbocycles. The second-order valence-corrected chi connectivity index (χ2v) is 8.61. The zero-order valence-corrected chi connectivity index (χ0v) is 18.3. The van der Waals surface area contributed by atoms with Crippen molar-refractivity contribution in [1.29, 1.82) is 0 Å². The molecular formula is C23H31N4O4+. The van der Waals surface area contributed by atoms with E-state index in [1.165, 1.54) is 4.90 Å². The molecule has 0 unspecified atom stereocenters. The van der Waals surface area contributed by atoms with Crippen LogP contribution < -0.4 is 4.90 Å². The lowest BCUT2D eigenvalue weighted by atomic mass is 10.0. The number of aromatic nitrogens is 1. The van der Waals surface area contributed by atoms with Gasteiger partial charge in [-0.05, 0) is 6.07 Å². The van der Waals surface area contributed by atoms with Crippen LogP contribution in [-0.2, 0) is 20.9 Å². The quantitative estimate of drug-likeness (QED) is 0.531. The number of rotatable bonds is 5. The summed E-state index contributed by atoms with van der Waals surface area (Å²) in [6.07, 6.45) is 3.46. The Morgan fingerprint density at radius 2 is 1.81 bits per heavy atom. The Morgan fingerprint density at radius 1 is 1.13 bits per heavy atom. The molecule has 0 aliphatic carbocycles. The topological polar surface area (TPSA) is 76.3 Å². The SMILES string of the molecule is CN(C(=O)C(=O)c1cn(CC(=O)N2CCOCC2)c2ccccc12)C1CC[NH+](C)CC1. The minimum absolute atomic E-state index is 0.0136. The number of amides is 2. The number of Topliss-reactive ketones (excluding diaryl/α,β-unsaturated/α-hetero) is 1. The number of ether oxygens (including phenoxy) is 1. The molecule has 0 atom stereocenters. The summed E-state index contributed by atoms with van der Waals surface area (Å²) in [6, 6.07) is 7.54. The molecule has 166 valence electrons. The number of carbonyl (C=O) groups is 3. The standard InChI is InChI=1S/C23H30N4O4/c1-24-9-7-17(8-10-24)25(2)23(30)22(29)19-15-27(20-6-4-3-5-18(19)20)16-21(28)26-11-13-31-14-12-26/h3-6,15,17H,7-14,16H2,1-2H3/p+1. The molecule has 1 N–H and O–H groups in total. The predicted octanol–water partition coefficient (Wildman–Crippen LogP) is -0.182. The average molecular weight is 428 g/mol. The van der Waals surface area contributed by atoms with Crippen LogP contribution in [0.2, 0.25) is 0 Å². The van der Waals surface area contributed by atoms with Crippen molar-refractivity contribution in [2.24, 2.45) is 0 Å². The molecule has 1 aromatic heterocycles. The molecule has 2 amide bonds. The third-order valence-corrected chi connectivity index (χ3v) is 6.57. The molecule has 0 bridgehead atoms. The van der Waals surface area contributed by atoms with E-state index in [0.29, 0.717) is 37.3 Å². The fraction of sp³-hybridized carbons (Fsp3) is 0.522. The number of hydrogen-bond donors (Lipinski definition) is 1. The van der Waals surface area contributed by atoms with Crippen LogP contribution in [0.25, 0.3) is 10.9 Å². The molecule has 0 saturated carbocycles. The van der Waals surface area contributed by atoms with Gasteiger partial charge in [-0.15, -0.1) is 0 Å². The number of morpholine rings is 1. The summed E-state index contributed by atoms with van der Waals surface area (Å²) in [5.41, 5.74) is 1.14. The van der Waals surface area contributed by atoms with Gasteiger partial charge in [0, 0.05) is 56.1 Å². The zero-order chi connectivity index (χ0) is 22.0. The van der Waals surface area contributed by atoms with Crippen LogP contribution in [0.3, 0.4) is 0 Å². The Labute approximate surface area is 182 Å². The van der Waals surface area contributed by atoms with Gasteiger partial charge in [0.1, 0.15) is 6.54 Å². The zero-order valence-electron chi connectivity index (χ0n) is 18.3. The smallest absolute Gasteiger partial charge is 0.295 e. The van der Waals surface area contributed by atoms with Crippen LogP contribution >= 0.6 is 0 Å². The first-order chi connectivity index (χ1) is 15.0. The molecule has 8 nitrogen and oxygen atoms in total. The highest BCUT2D eigenvalue weighted by Gasteiger charge is 2.31. The van der Waals surface area contributed by atoms with E-state index in [0.717, 1.165) is 31.4 Å². The first kappa shape index (κ1) is 21.5. The molecule has 2 aliphatic heterocycles. The molecule has 4 rings (SSSR count). The third-order valence-electron chi connectivity index (χ3n) is 6.57. The van der Waals surface area contributed by atoms with Crippen molar-refractivity contribution in [1.82, 2.24) is 14.4 Å². The number of hydrogen-bond acceptors (Lipinski definition) is 4. The highest BCUT2D eigenvalue weighted by atomic mass is 16.5. The van der Waals surface area contributed by atoms with E-state index in [9.17, 15) is 14.4 Å². The van der Waals surface area contributed by atoms with Crippen molar-refractivity contribution in [3.63, 3.8) is 0 Å². The average Bonchev–Trinajstić information content (AvgIpc) is 3.17. The predicted molar refractivity (Wildman–Crippen MR) is 116 cm³/mol. The van der Waals surface area contributed by atoms with Gasteiger partial charge >= 0.3 is 0 Å². The number of nitrogens with one attached hydrogen (secondary N) is 1. The van der Waals surface area contributed by atoms with E-state index >= 15 is 0 Å². The molecule has 0 spiro atoms. The van der Waals surface area contributed by atoms with E-state index in [1.54, 1.807) is 27.6 Å². The van der Waals surface area contributed by atoms with Crippen LogP contribution in [0.5, 0.6) is 0 Å². The van der Waals surface area contributed by atoms with Crippen LogP contribution in [-0.4, -0.2) is 91.5 Å². The minimum atomic E-state index is -0.512. The second-order valence-electron chi connectivity index (χ2n) is 8.61. The summed E-state index contributed by atoms with van der Waals surface area (Å²) >= 11 is 0. The fourth-order valence-electron chi connectivity index (χ4n) is 4.54. The van der Waals surface area contributed by atoms with Crippen molar-refractivity contribution in [3.8, 4) is 0 Å². The second kappa shape index (κ2) is 9.20. The Morgan fingerprint density at radius 3 is 2.52 bits per heavy atom. The number of likely N-dealkylation sites (N-methyl/N-ethyl adjacent to an activating group) is 1. The van der Waals surface area contributed by atoms with Gasteiger partial charge in [0.05, 0.1) is 38.9 Å². The molecule has 2 aliphatic rings. The van der Waals surface area contributed by atoms with Gasteiger partial charge < -0.3 is 24.0 Å². The molecule has 8 heteroatoms. The number of piperidine rings is 1. The number of ketones is 1. The lowest BCUT2D eigenvalue weighted by Gasteiger charge is -2.32. The van der Waals surface area contributed by atoms with Gasteiger partial charge in [-0.2, -0.15) is 0 Å². The Kier molecular flexibility index (Phi) is 6.38. The number of benzene rings is 1. The summed E-state index contributed by atoms with van der Waals surface area (Å²) in [5.74, 6) is -1.00. The number of nitrogens with zero attached hydrogens (tertiary/aromatic N) is 3. The van der Waals surface area contributed by atoms with Gasteiger partial charge in [0.25, 0.3) is 11.7 Å². The monoisotopic (exact) mass is 427 g/mol. The Hall–Kier alpha value is -2.71. The molecule has 31 heavy (non-hydrogen) atoms. The van der Waals surface area contributed by atoms with E-state index in [-0.39, 0.29) is 18.5 Å². The normalized spacial score (nSPS) is 21.8. The van der Waals surface area contributed by atoms with Crippen molar-refractivity contribution >= 4 is 28.5 Å². The largest absolute Gasteiger partial charge is 0.378 e. The van der Waals surface area contributed by atoms with E-state index < -0.39 is 11.7 Å². The lowest BCUT2D eigenvalue weighted by Crippen LogP contribution is -3.10. The summed E-state index contributed by atoms with van der Waals surface area (Å²) in [6.45, 7) is 4.37. The van der Waals surface area contributed by atoms with E-state index in [1.807, 2.05) is 24.3 Å². The molecule has 3 heterocycles. The maximum absolute atomic E-state index is 13.2. The van der Waals surface area contributed by atoms with Crippen molar-refractivity contribution < 1.29 is 24.0 Å². The molecule has 2 fully saturated rings. The van der Waals surface area contributed by atoms with Crippen LogP contribution in [0.4, 0.5) is 0 Å². The first-order valence-electron chi connectivity index (χ1n) is 11.0. The maximum Gasteiger partial charge on any atom is 0.295 e. The van der Waals surface area contributed by atoms with Gasteiger partial charge in [-0.3, -0.25) is 14.4 Å². The number of quaternary nitrogens is 1. The fourth-order valence-corrected chi connectivity index (χ4v) is 4.54. The summed E-state index contributed by atoms with van der Waals surface area (Å²) in [4.78, 5) is 43.8.